The molecule has 0 aliphatic heterocycles. The number of hydrogen-bond donors (Lipinski definition) is 1. The number of halogens is 1. The Morgan fingerprint density at radius 1 is 1.32 bits per heavy atom. The fraction of sp³-hybridized carbons (Fsp3) is 0.500. The van der Waals surface area contributed by atoms with Gasteiger partial charge in [0.05, 0.1) is 13.0 Å². The Morgan fingerprint density at radius 2 is 1.95 bits per heavy atom. The first kappa shape index (κ1) is 18.3. The zero-order valence-corrected chi connectivity index (χ0v) is 14.0. The third kappa shape index (κ3) is 6.80. The minimum absolute atomic E-state index is 0.0240. The van der Waals surface area contributed by atoms with Gasteiger partial charge in [-0.05, 0) is 38.0 Å². The molecule has 0 bridgehead atoms. The second-order valence-electron chi connectivity index (χ2n) is 5.17. The van der Waals surface area contributed by atoms with Crippen molar-refractivity contribution in [2.24, 2.45) is 16.8 Å². The molecule has 22 heavy (non-hydrogen) atoms. The third-order valence-electron chi connectivity index (χ3n) is 3.06. The number of carbonyl (C=O) groups excluding carboxylic acids is 1. The molecule has 0 fully saturated rings. The van der Waals surface area contributed by atoms with Crippen molar-refractivity contribution in [2.75, 3.05) is 6.61 Å². The first-order valence-electron chi connectivity index (χ1n) is 7.31. The Labute approximate surface area is 136 Å². The van der Waals surface area contributed by atoms with E-state index in [1.165, 1.54) is 0 Å². The number of ether oxygens (including phenoxy) is 1. The van der Waals surface area contributed by atoms with Gasteiger partial charge in [0.1, 0.15) is 11.9 Å². The maximum atomic E-state index is 11.3. The summed E-state index contributed by atoms with van der Waals surface area (Å²) in [5.41, 5.74) is 7.04. The zero-order chi connectivity index (χ0) is 16.5. The number of nitrogens with zero attached hydrogens (tertiary/aromatic N) is 1. The average Bonchev–Trinajstić information content (AvgIpc) is 2.47. The Hall–Kier alpha value is -1.75. The predicted molar refractivity (Wildman–Crippen MR) is 87.7 cm³/mol. The Morgan fingerprint density at radius 3 is 2.55 bits per heavy atom. The molecule has 0 heterocycles. The number of rotatable bonds is 8. The van der Waals surface area contributed by atoms with Gasteiger partial charge in [0.15, 0.2) is 0 Å². The van der Waals surface area contributed by atoms with Gasteiger partial charge in [0, 0.05) is 10.9 Å². The molecule has 0 aliphatic carbocycles. The highest BCUT2D eigenvalue weighted by atomic mass is 35.5. The van der Waals surface area contributed by atoms with E-state index in [1.54, 1.807) is 13.8 Å². The Bertz CT molecular complexity index is 503. The predicted octanol–water partition coefficient (Wildman–Crippen LogP) is 3.15. The van der Waals surface area contributed by atoms with Crippen LogP contribution in [0.5, 0.6) is 0 Å². The molecule has 0 spiro atoms. The molecule has 2 atom stereocenters. The summed E-state index contributed by atoms with van der Waals surface area (Å²) in [4.78, 5) is 16.5. The molecule has 0 unspecified atom stereocenters. The first-order chi connectivity index (χ1) is 10.4. The normalized spacial score (nSPS) is 14.3. The molecule has 1 aromatic rings. The van der Waals surface area contributed by atoms with Crippen LogP contribution in [0.2, 0.25) is 5.02 Å². The first-order valence-corrected chi connectivity index (χ1v) is 7.69. The molecule has 2 N–H and O–H groups in total. The average molecular weight is 327 g/mol. The van der Waals surface area contributed by atoms with Gasteiger partial charge in [-0.3, -0.25) is 4.79 Å². The quantitative estimate of drug-likeness (QED) is 0.345. The van der Waals surface area contributed by atoms with Gasteiger partial charge in [0.2, 0.25) is 0 Å². The number of carbonyl (C=O) groups is 1. The standard InChI is InChI=1S/C16H23ClN2O3/c1-4-21-15(20)10-12(3)22-19-16(18)11(2)9-13-5-7-14(17)8-6-13/h5-8,11-12H,4,9-10H2,1-3H3,(H2,18,19)/t11-,12+/m0/s1. The molecule has 1 rings (SSSR count). The van der Waals surface area contributed by atoms with Crippen molar-refractivity contribution in [3.8, 4) is 0 Å². The van der Waals surface area contributed by atoms with E-state index in [9.17, 15) is 4.79 Å². The molecule has 0 radical (unpaired) electrons. The molecule has 5 nitrogen and oxygen atoms in total. The summed E-state index contributed by atoms with van der Waals surface area (Å²) in [5, 5.41) is 4.61. The molecule has 6 heteroatoms. The van der Waals surface area contributed by atoms with E-state index in [1.807, 2.05) is 31.2 Å². The second-order valence-corrected chi connectivity index (χ2v) is 5.61. The van der Waals surface area contributed by atoms with Crippen LogP contribution in [-0.4, -0.2) is 24.5 Å². The van der Waals surface area contributed by atoms with E-state index in [2.05, 4.69) is 5.16 Å². The van der Waals surface area contributed by atoms with Crippen LogP contribution in [0.4, 0.5) is 0 Å². The SMILES string of the molecule is CCOC(=O)C[C@@H](C)O/N=C(\N)[C@@H](C)Cc1ccc(Cl)cc1. The Kier molecular flexibility index (Phi) is 7.74. The van der Waals surface area contributed by atoms with Crippen LogP contribution in [0.3, 0.4) is 0 Å². The summed E-state index contributed by atoms with van der Waals surface area (Å²) in [7, 11) is 0. The summed E-state index contributed by atoms with van der Waals surface area (Å²) in [6.45, 7) is 5.83. The number of nitrogens with two attached hydrogens (primary N) is 1. The second kappa shape index (κ2) is 9.30. The van der Waals surface area contributed by atoms with Crippen molar-refractivity contribution >= 4 is 23.4 Å². The third-order valence-corrected chi connectivity index (χ3v) is 3.31. The van der Waals surface area contributed by atoms with Gasteiger partial charge < -0.3 is 15.3 Å². The van der Waals surface area contributed by atoms with E-state index in [4.69, 9.17) is 26.9 Å². The van der Waals surface area contributed by atoms with Crippen LogP contribution < -0.4 is 5.73 Å². The summed E-state index contributed by atoms with van der Waals surface area (Å²) in [6, 6.07) is 7.59. The fourth-order valence-corrected chi connectivity index (χ4v) is 1.94. The summed E-state index contributed by atoms with van der Waals surface area (Å²) in [6.07, 6.45) is 0.513. The summed E-state index contributed by atoms with van der Waals surface area (Å²) in [5.74, 6) is 0.111. The largest absolute Gasteiger partial charge is 0.466 e. The smallest absolute Gasteiger partial charge is 0.309 e. The monoisotopic (exact) mass is 326 g/mol. The summed E-state index contributed by atoms with van der Waals surface area (Å²) < 4.78 is 4.85. The van der Waals surface area contributed by atoms with E-state index in [-0.39, 0.29) is 24.4 Å². The lowest BCUT2D eigenvalue weighted by Crippen LogP contribution is -2.25. The van der Waals surface area contributed by atoms with Gasteiger partial charge in [0.25, 0.3) is 0 Å². The van der Waals surface area contributed by atoms with Gasteiger partial charge in [-0.2, -0.15) is 0 Å². The lowest BCUT2D eigenvalue weighted by Gasteiger charge is -2.13. The van der Waals surface area contributed by atoms with Crippen molar-refractivity contribution in [3.05, 3.63) is 34.9 Å². The van der Waals surface area contributed by atoms with Crippen LogP contribution in [0.25, 0.3) is 0 Å². The highest BCUT2D eigenvalue weighted by Gasteiger charge is 2.13. The highest BCUT2D eigenvalue weighted by molar-refractivity contribution is 6.30. The van der Waals surface area contributed by atoms with E-state index in [0.29, 0.717) is 17.5 Å². The number of hydrogen-bond acceptors (Lipinski definition) is 4. The van der Waals surface area contributed by atoms with Crippen molar-refractivity contribution < 1.29 is 14.4 Å². The van der Waals surface area contributed by atoms with Crippen LogP contribution in [-0.2, 0) is 20.8 Å². The summed E-state index contributed by atoms with van der Waals surface area (Å²) >= 11 is 5.85. The van der Waals surface area contributed by atoms with Gasteiger partial charge in [-0.25, -0.2) is 0 Å². The van der Waals surface area contributed by atoms with Crippen LogP contribution in [0.1, 0.15) is 32.8 Å². The van der Waals surface area contributed by atoms with Crippen molar-refractivity contribution in [1.82, 2.24) is 0 Å². The zero-order valence-electron chi connectivity index (χ0n) is 13.2. The van der Waals surface area contributed by atoms with Gasteiger partial charge in [-0.1, -0.05) is 35.8 Å². The molecule has 1 aromatic carbocycles. The topological polar surface area (TPSA) is 73.9 Å². The number of benzene rings is 1. The van der Waals surface area contributed by atoms with E-state index >= 15 is 0 Å². The number of oxime groups is 1. The lowest BCUT2D eigenvalue weighted by molar-refractivity contribution is -0.146. The molecule has 122 valence electrons. The van der Waals surface area contributed by atoms with Crippen molar-refractivity contribution in [3.63, 3.8) is 0 Å². The highest BCUT2D eigenvalue weighted by Crippen LogP contribution is 2.13. The maximum absolute atomic E-state index is 11.3. The molecule has 0 amide bonds. The van der Waals surface area contributed by atoms with E-state index in [0.717, 1.165) is 12.0 Å². The van der Waals surface area contributed by atoms with Crippen molar-refractivity contribution in [2.45, 2.75) is 39.7 Å². The molecular formula is C16H23ClN2O3. The maximum Gasteiger partial charge on any atom is 0.309 e. The van der Waals surface area contributed by atoms with Crippen LogP contribution >= 0.6 is 11.6 Å². The number of amidine groups is 1. The molecule has 0 aromatic heterocycles. The van der Waals surface area contributed by atoms with Crippen molar-refractivity contribution in [1.29, 1.82) is 0 Å². The molecule has 0 saturated carbocycles. The van der Waals surface area contributed by atoms with E-state index < -0.39 is 0 Å². The molecule has 0 saturated heterocycles. The van der Waals surface area contributed by atoms with Gasteiger partial charge >= 0.3 is 5.97 Å². The molecular weight excluding hydrogens is 304 g/mol. The Balaban J connectivity index is 2.46. The van der Waals surface area contributed by atoms with Crippen LogP contribution in [0.15, 0.2) is 29.4 Å². The molecule has 0 aliphatic rings. The lowest BCUT2D eigenvalue weighted by atomic mass is 10.0. The minimum Gasteiger partial charge on any atom is -0.466 e. The minimum atomic E-state index is -0.375. The number of esters is 1. The van der Waals surface area contributed by atoms with Crippen LogP contribution in [0, 0.1) is 5.92 Å². The fourth-order valence-electron chi connectivity index (χ4n) is 1.81. The van der Waals surface area contributed by atoms with Gasteiger partial charge in [-0.15, -0.1) is 0 Å².